The van der Waals surface area contributed by atoms with Gasteiger partial charge >= 0.3 is 11.9 Å². The van der Waals surface area contributed by atoms with Gasteiger partial charge in [-0.15, -0.1) is 0 Å². The van der Waals surface area contributed by atoms with E-state index in [-0.39, 0.29) is 12.4 Å². The molecule has 0 saturated heterocycles. The Morgan fingerprint density at radius 1 is 0.696 bits per heavy atom. The van der Waals surface area contributed by atoms with Crippen LogP contribution in [0.25, 0.3) is 0 Å². The lowest BCUT2D eigenvalue weighted by Gasteiger charge is -2.36. The number of carboxylic acids is 1. The highest BCUT2D eigenvalue weighted by atomic mass is 16.6. The second-order valence-electron chi connectivity index (χ2n) is 11.9. The number of carbonyl (C=O) groups is 3. The van der Waals surface area contributed by atoms with Crippen LogP contribution in [0.15, 0.2) is 91.0 Å². The van der Waals surface area contributed by atoms with Crippen LogP contribution in [0, 0.1) is 0 Å². The van der Waals surface area contributed by atoms with Gasteiger partial charge in [0.15, 0.2) is 0 Å². The van der Waals surface area contributed by atoms with E-state index < -0.39 is 29.7 Å². The fourth-order valence-electron chi connectivity index (χ4n) is 5.64. The van der Waals surface area contributed by atoms with Crippen LogP contribution in [0.1, 0.15) is 101 Å². The van der Waals surface area contributed by atoms with Gasteiger partial charge in [0.25, 0.3) is 0 Å². The van der Waals surface area contributed by atoms with Crippen LogP contribution in [0.4, 0.5) is 0 Å². The quantitative estimate of drug-likeness (QED) is 0.0626. The zero-order valence-electron chi connectivity index (χ0n) is 27.5. The Morgan fingerprint density at radius 3 is 1.61 bits per heavy atom. The first-order chi connectivity index (χ1) is 22.4. The molecule has 3 aromatic carbocycles. The molecule has 0 bridgehead atoms. The first-order valence-corrected chi connectivity index (χ1v) is 16.9. The number of ether oxygens (including phenoxy) is 2. The molecule has 3 rings (SSSR count). The molecule has 0 spiro atoms. The van der Waals surface area contributed by atoms with Crippen molar-refractivity contribution in [1.29, 1.82) is 0 Å². The summed E-state index contributed by atoms with van der Waals surface area (Å²) in [6.07, 6.45) is 10.1. The van der Waals surface area contributed by atoms with Crippen LogP contribution in [-0.4, -0.2) is 48.1 Å². The number of carbonyl (C=O) groups excluding carboxylic acids is 2. The average molecular weight is 630 g/mol. The molecule has 0 fully saturated rings. The van der Waals surface area contributed by atoms with Crippen molar-refractivity contribution < 1.29 is 29.0 Å². The zero-order valence-corrected chi connectivity index (χ0v) is 27.5. The minimum atomic E-state index is -1.54. The molecule has 248 valence electrons. The Balaban J connectivity index is 1.55. The highest BCUT2D eigenvalue weighted by Crippen LogP contribution is 2.40. The normalized spacial score (nSPS) is 12.7. The summed E-state index contributed by atoms with van der Waals surface area (Å²) >= 11 is 0. The first-order valence-electron chi connectivity index (χ1n) is 16.9. The topological polar surface area (TPSA) is 102 Å². The van der Waals surface area contributed by atoms with E-state index in [2.05, 4.69) is 12.2 Å². The summed E-state index contributed by atoms with van der Waals surface area (Å²) in [6.45, 7) is 3.76. The Hall–Kier alpha value is -3.81. The molecule has 3 aromatic rings. The van der Waals surface area contributed by atoms with Crippen LogP contribution in [0.5, 0.6) is 0 Å². The van der Waals surface area contributed by atoms with Crippen LogP contribution >= 0.6 is 0 Å². The van der Waals surface area contributed by atoms with Gasteiger partial charge in [-0.1, -0.05) is 149 Å². The molecule has 0 saturated carbocycles. The smallest absolute Gasteiger partial charge is 0.347 e. The first kappa shape index (κ1) is 36.7. The fourth-order valence-corrected chi connectivity index (χ4v) is 5.64. The van der Waals surface area contributed by atoms with Gasteiger partial charge in [0, 0.05) is 19.4 Å². The van der Waals surface area contributed by atoms with Gasteiger partial charge in [-0.2, -0.15) is 0 Å². The highest BCUT2D eigenvalue weighted by Gasteiger charge is 2.39. The van der Waals surface area contributed by atoms with Gasteiger partial charge < -0.3 is 19.9 Å². The van der Waals surface area contributed by atoms with Gasteiger partial charge in [-0.25, -0.2) is 4.79 Å². The van der Waals surface area contributed by atoms with Crippen molar-refractivity contribution in [1.82, 2.24) is 5.32 Å². The summed E-state index contributed by atoms with van der Waals surface area (Å²) < 4.78 is 12.0. The summed E-state index contributed by atoms with van der Waals surface area (Å²) in [6, 6.07) is 28.0. The molecule has 7 heteroatoms. The summed E-state index contributed by atoms with van der Waals surface area (Å²) in [4.78, 5) is 37.6. The molecule has 0 aliphatic heterocycles. The summed E-state index contributed by atoms with van der Waals surface area (Å²) in [7, 11) is 0. The van der Waals surface area contributed by atoms with Crippen molar-refractivity contribution >= 4 is 17.7 Å². The molecule has 7 nitrogen and oxygen atoms in total. The maximum absolute atomic E-state index is 12.9. The number of hydrogen-bond donors (Lipinski definition) is 2. The Kier molecular flexibility index (Phi) is 16.2. The van der Waals surface area contributed by atoms with E-state index in [1.54, 1.807) is 6.92 Å². The van der Waals surface area contributed by atoms with Gasteiger partial charge in [0.05, 0.1) is 6.61 Å². The average Bonchev–Trinajstić information content (AvgIpc) is 3.08. The zero-order chi connectivity index (χ0) is 33.0. The van der Waals surface area contributed by atoms with Gasteiger partial charge in [0.1, 0.15) is 17.4 Å². The number of carboxylic acid groups (broad SMARTS) is 1. The van der Waals surface area contributed by atoms with Crippen molar-refractivity contribution in [2.24, 2.45) is 0 Å². The van der Waals surface area contributed by atoms with E-state index in [0.717, 1.165) is 36.0 Å². The van der Waals surface area contributed by atoms with E-state index in [1.165, 1.54) is 38.5 Å². The molecule has 2 unspecified atom stereocenters. The molecule has 0 heterocycles. The van der Waals surface area contributed by atoms with E-state index >= 15 is 0 Å². The van der Waals surface area contributed by atoms with Crippen molar-refractivity contribution in [2.75, 3.05) is 13.2 Å². The molecule has 0 aromatic heterocycles. The van der Waals surface area contributed by atoms with Crippen molar-refractivity contribution in [3.8, 4) is 0 Å². The maximum atomic E-state index is 12.9. The van der Waals surface area contributed by atoms with E-state index in [4.69, 9.17) is 9.47 Å². The number of ketones is 1. The minimum Gasteiger partial charge on any atom is -0.478 e. The third kappa shape index (κ3) is 11.5. The lowest BCUT2D eigenvalue weighted by atomic mass is 9.80. The van der Waals surface area contributed by atoms with Gasteiger partial charge in [-0.05, 0) is 30.0 Å². The lowest BCUT2D eigenvalue weighted by Crippen LogP contribution is -2.43. The minimum absolute atomic E-state index is 0.159. The van der Waals surface area contributed by atoms with Crippen LogP contribution < -0.4 is 5.32 Å². The molecular weight excluding hydrogens is 578 g/mol. The molecule has 0 radical (unpaired) electrons. The molecule has 0 aliphatic rings. The largest absolute Gasteiger partial charge is 0.478 e. The monoisotopic (exact) mass is 629 g/mol. The van der Waals surface area contributed by atoms with Gasteiger partial charge in [-0.3, -0.25) is 9.59 Å². The van der Waals surface area contributed by atoms with E-state index in [9.17, 15) is 19.5 Å². The second-order valence-corrected chi connectivity index (χ2v) is 11.9. The molecule has 0 aliphatic carbocycles. The van der Waals surface area contributed by atoms with Crippen LogP contribution in [0.3, 0.4) is 0 Å². The lowest BCUT2D eigenvalue weighted by molar-refractivity contribution is -0.172. The molecule has 46 heavy (non-hydrogen) atoms. The highest BCUT2D eigenvalue weighted by molar-refractivity contribution is 5.81. The summed E-state index contributed by atoms with van der Waals surface area (Å²) in [5, 5.41) is 13.0. The predicted molar refractivity (Wildman–Crippen MR) is 182 cm³/mol. The predicted octanol–water partition coefficient (Wildman–Crippen LogP) is 7.85. The van der Waals surface area contributed by atoms with E-state index in [1.807, 2.05) is 91.0 Å². The molecular formula is C39H51NO6. The maximum Gasteiger partial charge on any atom is 0.347 e. The second kappa shape index (κ2) is 20.3. The van der Waals surface area contributed by atoms with Crippen LogP contribution in [0.2, 0.25) is 0 Å². The van der Waals surface area contributed by atoms with Gasteiger partial charge in [0.2, 0.25) is 6.10 Å². The van der Waals surface area contributed by atoms with Crippen LogP contribution in [-0.2, 0) is 29.5 Å². The number of unbranched alkanes of at least 4 members (excludes halogenated alkanes) is 8. The molecule has 2 atom stereocenters. The molecule has 0 amide bonds. The van der Waals surface area contributed by atoms with E-state index in [0.29, 0.717) is 19.4 Å². The summed E-state index contributed by atoms with van der Waals surface area (Å²) in [5.74, 6) is -1.86. The number of benzene rings is 3. The number of aliphatic carboxylic acids is 1. The molecule has 2 N–H and O–H groups in total. The standard InChI is InChI=1S/C39H51NO6/c1-3-4-5-6-7-8-9-10-20-27-35(41)28-29-40-31(2)38(44)46-36(37(42)43)30-45-39(32-21-14-11-15-22-32,33-23-16-12-17-24-33)34-25-18-13-19-26-34/h11-19,21-26,31,36,40H,3-10,20,27-30H2,1-2H3,(H,42,43). The summed E-state index contributed by atoms with van der Waals surface area (Å²) in [5.41, 5.74) is 1.28. The number of Topliss-reactive ketones (excluding diaryl/α,β-unsaturated/α-hetero) is 1. The number of nitrogens with one attached hydrogen (secondary N) is 1. The Labute approximate surface area is 274 Å². The van der Waals surface area contributed by atoms with Crippen molar-refractivity contribution in [2.45, 2.75) is 102 Å². The van der Waals surface area contributed by atoms with Crippen molar-refractivity contribution in [3.05, 3.63) is 108 Å². The fraction of sp³-hybridized carbons (Fsp3) is 0.462. The Bertz CT molecular complexity index is 1200. The third-order valence-corrected chi connectivity index (χ3v) is 8.29. The number of hydrogen-bond acceptors (Lipinski definition) is 6. The number of esters is 1. The third-order valence-electron chi connectivity index (χ3n) is 8.29. The van der Waals surface area contributed by atoms with Crippen molar-refractivity contribution in [3.63, 3.8) is 0 Å². The SMILES string of the molecule is CCCCCCCCCCCC(=O)CCNC(C)C(=O)OC(COC(c1ccccc1)(c1ccccc1)c1ccccc1)C(=O)O. The number of rotatable bonds is 23. The Morgan fingerprint density at radius 2 is 1.15 bits per heavy atom.